The SMILES string of the molecule is O=C(NC1CCNC2(CCCCC2)C1)c1ccccc1Cl. The molecule has 1 aromatic carbocycles. The van der Waals surface area contributed by atoms with Crippen LogP contribution in [0.25, 0.3) is 0 Å². The van der Waals surface area contributed by atoms with Crippen LogP contribution in [-0.2, 0) is 0 Å². The zero-order chi connectivity index (χ0) is 14.7. The number of amides is 1. The van der Waals surface area contributed by atoms with Gasteiger partial charge in [0.15, 0.2) is 0 Å². The zero-order valence-corrected chi connectivity index (χ0v) is 13.1. The van der Waals surface area contributed by atoms with E-state index in [1.807, 2.05) is 12.1 Å². The van der Waals surface area contributed by atoms with Gasteiger partial charge in [-0.05, 0) is 44.4 Å². The summed E-state index contributed by atoms with van der Waals surface area (Å²) in [6, 6.07) is 7.51. The van der Waals surface area contributed by atoms with Gasteiger partial charge in [-0.3, -0.25) is 4.79 Å². The maximum absolute atomic E-state index is 12.4. The second-order valence-electron chi connectivity index (χ2n) is 6.41. The molecule has 1 aliphatic carbocycles. The van der Waals surface area contributed by atoms with Crippen LogP contribution in [0.1, 0.15) is 55.3 Å². The highest BCUT2D eigenvalue weighted by atomic mass is 35.5. The molecule has 21 heavy (non-hydrogen) atoms. The molecule has 4 heteroatoms. The van der Waals surface area contributed by atoms with E-state index in [-0.39, 0.29) is 17.5 Å². The first-order valence-electron chi connectivity index (χ1n) is 7.99. The van der Waals surface area contributed by atoms with Crippen molar-refractivity contribution in [2.24, 2.45) is 0 Å². The van der Waals surface area contributed by atoms with Gasteiger partial charge in [0.2, 0.25) is 0 Å². The van der Waals surface area contributed by atoms with Crippen molar-refractivity contribution in [2.75, 3.05) is 6.54 Å². The maximum Gasteiger partial charge on any atom is 0.253 e. The minimum absolute atomic E-state index is 0.0431. The van der Waals surface area contributed by atoms with Crippen LogP contribution >= 0.6 is 11.6 Å². The molecular formula is C17H23ClN2O. The molecule has 0 radical (unpaired) electrons. The lowest BCUT2D eigenvalue weighted by atomic mass is 9.75. The van der Waals surface area contributed by atoms with E-state index in [0.717, 1.165) is 19.4 Å². The number of piperidine rings is 1. The Morgan fingerprint density at radius 3 is 2.76 bits per heavy atom. The van der Waals surface area contributed by atoms with Crippen molar-refractivity contribution < 1.29 is 4.79 Å². The third-order valence-corrected chi connectivity index (χ3v) is 5.22. The molecule has 1 heterocycles. The fourth-order valence-electron chi connectivity index (χ4n) is 3.80. The fourth-order valence-corrected chi connectivity index (χ4v) is 4.02. The van der Waals surface area contributed by atoms with Crippen molar-refractivity contribution >= 4 is 17.5 Å². The van der Waals surface area contributed by atoms with Gasteiger partial charge in [0.1, 0.15) is 0 Å². The molecule has 0 bridgehead atoms. The Morgan fingerprint density at radius 2 is 2.00 bits per heavy atom. The van der Waals surface area contributed by atoms with Gasteiger partial charge >= 0.3 is 0 Å². The summed E-state index contributed by atoms with van der Waals surface area (Å²) < 4.78 is 0. The van der Waals surface area contributed by atoms with Crippen LogP contribution < -0.4 is 10.6 Å². The lowest BCUT2D eigenvalue weighted by Crippen LogP contribution is -2.57. The number of hydrogen-bond acceptors (Lipinski definition) is 2. The number of rotatable bonds is 2. The molecule has 114 valence electrons. The molecule has 1 spiro atoms. The normalized spacial score (nSPS) is 24.7. The van der Waals surface area contributed by atoms with Gasteiger partial charge in [-0.2, -0.15) is 0 Å². The summed E-state index contributed by atoms with van der Waals surface area (Å²) in [4.78, 5) is 12.4. The third-order valence-electron chi connectivity index (χ3n) is 4.89. The van der Waals surface area contributed by atoms with Gasteiger partial charge in [0.05, 0.1) is 10.6 Å². The van der Waals surface area contributed by atoms with Gasteiger partial charge in [0, 0.05) is 11.6 Å². The Bertz CT molecular complexity index is 506. The molecule has 1 unspecified atom stereocenters. The fraction of sp³-hybridized carbons (Fsp3) is 0.588. The van der Waals surface area contributed by atoms with Crippen molar-refractivity contribution in [3.05, 3.63) is 34.9 Å². The molecule has 2 aliphatic rings. The van der Waals surface area contributed by atoms with Crippen molar-refractivity contribution in [3.63, 3.8) is 0 Å². The summed E-state index contributed by atoms with van der Waals surface area (Å²) in [6.07, 6.45) is 8.48. The summed E-state index contributed by atoms with van der Waals surface area (Å²) >= 11 is 6.11. The Morgan fingerprint density at radius 1 is 1.24 bits per heavy atom. The average Bonchev–Trinajstić information content (AvgIpc) is 2.48. The van der Waals surface area contributed by atoms with E-state index < -0.39 is 0 Å². The van der Waals surface area contributed by atoms with E-state index in [9.17, 15) is 4.79 Å². The van der Waals surface area contributed by atoms with Crippen LogP contribution in [0.15, 0.2) is 24.3 Å². The number of carbonyl (C=O) groups is 1. The molecule has 3 nitrogen and oxygen atoms in total. The van der Waals surface area contributed by atoms with E-state index in [2.05, 4.69) is 10.6 Å². The summed E-state index contributed by atoms with van der Waals surface area (Å²) in [7, 11) is 0. The topological polar surface area (TPSA) is 41.1 Å². The first-order valence-corrected chi connectivity index (χ1v) is 8.37. The van der Waals surface area contributed by atoms with Crippen molar-refractivity contribution in [3.8, 4) is 0 Å². The van der Waals surface area contributed by atoms with Crippen LogP contribution in [0.4, 0.5) is 0 Å². The minimum atomic E-state index is -0.0431. The predicted octanol–water partition coefficient (Wildman–Crippen LogP) is 3.52. The van der Waals surface area contributed by atoms with Gasteiger partial charge in [-0.25, -0.2) is 0 Å². The highest BCUT2D eigenvalue weighted by Gasteiger charge is 2.37. The van der Waals surface area contributed by atoms with Crippen LogP contribution in [0.2, 0.25) is 5.02 Å². The minimum Gasteiger partial charge on any atom is -0.349 e. The summed E-state index contributed by atoms with van der Waals surface area (Å²) in [5, 5.41) is 7.42. The van der Waals surface area contributed by atoms with Gasteiger partial charge < -0.3 is 10.6 Å². The molecular weight excluding hydrogens is 284 g/mol. The number of halogens is 1. The van der Waals surface area contributed by atoms with Crippen LogP contribution in [0.3, 0.4) is 0 Å². The first-order chi connectivity index (χ1) is 10.2. The molecule has 1 amide bonds. The van der Waals surface area contributed by atoms with E-state index in [1.165, 1.54) is 32.1 Å². The van der Waals surface area contributed by atoms with Crippen LogP contribution in [0.5, 0.6) is 0 Å². The largest absolute Gasteiger partial charge is 0.349 e. The molecule has 1 saturated heterocycles. The summed E-state index contributed by atoms with van der Waals surface area (Å²) in [5.41, 5.74) is 0.838. The summed E-state index contributed by atoms with van der Waals surface area (Å²) in [6.45, 7) is 0.994. The second kappa shape index (κ2) is 6.37. The van der Waals surface area contributed by atoms with E-state index in [1.54, 1.807) is 12.1 Å². The molecule has 2 fully saturated rings. The number of benzene rings is 1. The molecule has 1 atom stereocenters. The molecule has 1 aromatic rings. The quantitative estimate of drug-likeness (QED) is 0.877. The van der Waals surface area contributed by atoms with E-state index in [4.69, 9.17) is 11.6 Å². The highest BCUT2D eigenvalue weighted by molar-refractivity contribution is 6.33. The van der Waals surface area contributed by atoms with Crippen molar-refractivity contribution in [1.29, 1.82) is 0 Å². The van der Waals surface area contributed by atoms with E-state index in [0.29, 0.717) is 10.6 Å². The highest BCUT2D eigenvalue weighted by Crippen LogP contribution is 2.34. The van der Waals surface area contributed by atoms with Crippen molar-refractivity contribution in [1.82, 2.24) is 10.6 Å². The monoisotopic (exact) mass is 306 g/mol. The molecule has 1 saturated carbocycles. The van der Waals surface area contributed by atoms with Gasteiger partial charge in [0.25, 0.3) is 5.91 Å². The molecule has 3 rings (SSSR count). The standard InChI is InChI=1S/C17H23ClN2O/c18-15-7-3-2-6-14(15)16(21)20-13-8-11-19-17(12-13)9-4-1-5-10-17/h2-3,6-7,13,19H,1,4-5,8-12H2,(H,20,21). The lowest BCUT2D eigenvalue weighted by molar-refractivity contribution is 0.0893. The third kappa shape index (κ3) is 3.41. The Hall–Kier alpha value is -1.06. The molecule has 1 aliphatic heterocycles. The smallest absolute Gasteiger partial charge is 0.253 e. The Labute approximate surface area is 131 Å². The Balaban J connectivity index is 1.65. The molecule has 2 N–H and O–H groups in total. The van der Waals surface area contributed by atoms with Gasteiger partial charge in [-0.1, -0.05) is 43.0 Å². The Kier molecular flexibility index (Phi) is 4.51. The second-order valence-corrected chi connectivity index (χ2v) is 6.82. The maximum atomic E-state index is 12.4. The van der Waals surface area contributed by atoms with Crippen LogP contribution in [0, 0.1) is 0 Å². The van der Waals surface area contributed by atoms with Crippen LogP contribution in [-0.4, -0.2) is 24.0 Å². The average molecular weight is 307 g/mol. The van der Waals surface area contributed by atoms with Crippen molar-refractivity contribution in [2.45, 2.75) is 56.5 Å². The predicted molar refractivity (Wildman–Crippen MR) is 85.8 cm³/mol. The first kappa shape index (κ1) is 14.9. The summed E-state index contributed by atoms with van der Waals surface area (Å²) in [5.74, 6) is -0.0431. The molecule has 0 aromatic heterocycles. The lowest BCUT2D eigenvalue weighted by Gasteiger charge is -2.44. The number of hydrogen-bond donors (Lipinski definition) is 2. The van der Waals surface area contributed by atoms with E-state index >= 15 is 0 Å². The number of nitrogens with one attached hydrogen (secondary N) is 2. The van der Waals surface area contributed by atoms with Gasteiger partial charge in [-0.15, -0.1) is 0 Å². The zero-order valence-electron chi connectivity index (χ0n) is 12.3. The number of carbonyl (C=O) groups excluding carboxylic acids is 1.